The van der Waals surface area contributed by atoms with Crippen LogP contribution in [0.15, 0.2) is 72.9 Å². The Morgan fingerprint density at radius 3 is 2.78 bits per heavy atom. The first-order valence-corrected chi connectivity index (χ1v) is 12.3. The van der Waals surface area contributed by atoms with E-state index in [4.69, 9.17) is 4.74 Å². The van der Waals surface area contributed by atoms with E-state index in [1.54, 1.807) is 18.3 Å². The lowest BCUT2D eigenvalue weighted by Gasteiger charge is -2.11. The van der Waals surface area contributed by atoms with Crippen LogP contribution < -0.4 is 10.1 Å². The molecule has 0 saturated carbocycles. The molecule has 0 saturated heterocycles. The van der Waals surface area contributed by atoms with Crippen LogP contribution in [-0.4, -0.2) is 25.7 Å². The molecule has 2 aromatic heterocycles. The van der Waals surface area contributed by atoms with Gasteiger partial charge >= 0.3 is 0 Å². The molecule has 4 aromatic rings. The molecule has 1 aliphatic rings. The third-order valence-electron chi connectivity index (χ3n) is 6.28. The molecule has 0 unspecified atom stereocenters. The fourth-order valence-electron chi connectivity index (χ4n) is 4.26. The lowest BCUT2D eigenvalue weighted by molar-refractivity contribution is -0.111. The van der Waals surface area contributed by atoms with Crippen LogP contribution in [0.2, 0.25) is 0 Å². The number of aromatic nitrogens is 4. The Kier molecular flexibility index (Phi) is 7.17. The van der Waals surface area contributed by atoms with Crippen molar-refractivity contribution in [2.45, 2.75) is 45.8 Å². The molecule has 182 valence electrons. The third-order valence-corrected chi connectivity index (χ3v) is 6.28. The van der Waals surface area contributed by atoms with Gasteiger partial charge in [-0.25, -0.2) is 0 Å². The van der Waals surface area contributed by atoms with Gasteiger partial charge in [0.1, 0.15) is 18.2 Å². The second-order valence-corrected chi connectivity index (χ2v) is 8.93. The average molecular weight is 480 g/mol. The fraction of sp³-hybridized carbons (Fsp3) is 0.241. The van der Waals surface area contributed by atoms with Gasteiger partial charge in [-0.3, -0.25) is 9.78 Å². The van der Waals surface area contributed by atoms with E-state index < -0.39 is 0 Å². The van der Waals surface area contributed by atoms with E-state index in [1.165, 1.54) is 6.42 Å². The molecule has 1 N–H and O–H groups in total. The van der Waals surface area contributed by atoms with Crippen molar-refractivity contribution in [1.82, 2.24) is 19.7 Å². The Bertz CT molecular complexity index is 1360. The van der Waals surface area contributed by atoms with Gasteiger partial charge in [-0.05, 0) is 67.3 Å². The number of benzene rings is 2. The van der Waals surface area contributed by atoms with E-state index in [0.717, 1.165) is 71.3 Å². The smallest absolute Gasteiger partial charge is 0.248 e. The van der Waals surface area contributed by atoms with Gasteiger partial charge in [0.25, 0.3) is 0 Å². The maximum absolute atomic E-state index is 12.7. The van der Waals surface area contributed by atoms with E-state index in [1.807, 2.05) is 67.6 Å². The minimum absolute atomic E-state index is 0.189. The molecule has 1 aliphatic heterocycles. The molecular weight excluding hydrogens is 450 g/mol. The number of nitrogens with one attached hydrogen (secondary N) is 1. The molecule has 0 radical (unpaired) electrons. The zero-order chi connectivity index (χ0) is 24.7. The Labute approximate surface area is 210 Å². The van der Waals surface area contributed by atoms with Crippen molar-refractivity contribution < 1.29 is 9.53 Å². The van der Waals surface area contributed by atoms with E-state index in [-0.39, 0.29) is 5.91 Å². The van der Waals surface area contributed by atoms with Crippen LogP contribution in [0.4, 0.5) is 5.69 Å². The fourth-order valence-corrected chi connectivity index (χ4v) is 4.26. The van der Waals surface area contributed by atoms with Crippen molar-refractivity contribution in [2.24, 2.45) is 0 Å². The summed E-state index contributed by atoms with van der Waals surface area (Å²) in [5.41, 5.74) is 4.50. The number of ether oxygens (including phenoxy) is 1. The summed E-state index contributed by atoms with van der Waals surface area (Å²) < 4.78 is 7.99. The summed E-state index contributed by atoms with van der Waals surface area (Å²) >= 11 is 0. The number of carbonyl (C=O) groups excluding carboxylic acids is 1. The molecule has 0 spiro atoms. The molecule has 36 heavy (non-hydrogen) atoms. The molecule has 7 heteroatoms. The third kappa shape index (κ3) is 5.68. The highest BCUT2D eigenvalue weighted by atomic mass is 16.5. The number of anilines is 1. The summed E-state index contributed by atoms with van der Waals surface area (Å²) in [7, 11) is 0. The Hall–Kier alpha value is -4.26. The lowest BCUT2D eigenvalue weighted by atomic mass is 10.1. The Morgan fingerprint density at radius 2 is 1.94 bits per heavy atom. The number of aryl methyl sites for hydroxylation is 2. The number of nitrogens with zero attached hydrogens (tertiary/aromatic N) is 4. The van der Waals surface area contributed by atoms with Crippen molar-refractivity contribution in [3.05, 3.63) is 95.6 Å². The van der Waals surface area contributed by atoms with Gasteiger partial charge in [0.05, 0.1) is 5.69 Å². The van der Waals surface area contributed by atoms with E-state index in [0.29, 0.717) is 6.61 Å². The standard InChI is InChI=1S/C29H29N5O2/c1-21-9-13-23(29-33-32-27-8-3-2-6-18-34(27)29)19-26(21)31-28(35)16-12-22-10-14-25(15-11-22)36-20-24-7-4-5-17-30-24/h4-5,7,9-17,19H,2-3,6,8,18,20H2,1H3,(H,31,35)/b16-12+. The van der Waals surface area contributed by atoms with Crippen molar-refractivity contribution >= 4 is 17.7 Å². The molecule has 0 fully saturated rings. The molecule has 5 rings (SSSR count). The first kappa shape index (κ1) is 23.5. The quantitative estimate of drug-likeness (QED) is 0.349. The lowest BCUT2D eigenvalue weighted by Crippen LogP contribution is -2.09. The second-order valence-electron chi connectivity index (χ2n) is 8.93. The van der Waals surface area contributed by atoms with Gasteiger partial charge < -0.3 is 14.6 Å². The predicted octanol–water partition coefficient (Wildman–Crippen LogP) is 5.61. The molecule has 0 atom stereocenters. The number of hydrogen-bond acceptors (Lipinski definition) is 5. The monoisotopic (exact) mass is 479 g/mol. The number of carbonyl (C=O) groups is 1. The molecule has 1 amide bonds. The van der Waals surface area contributed by atoms with Gasteiger partial charge in [-0.1, -0.05) is 36.8 Å². The van der Waals surface area contributed by atoms with Gasteiger partial charge in [-0.2, -0.15) is 0 Å². The van der Waals surface area contributed by atoms with Crippen LogP contribution in [0.5, 0.6) is 5.75 Å². The van der Waals surface area contributed by atoms with E-state index >= 15 is 0 Å². The summed E-state index contributed by atoms with van der Waals surface area (Å²) in [6, 6.07) is 19.4. The topological polar surface area (TPSA) is 81.9 Å². The summed E-state index contributed by atoms with van der Waals surface area (Å²) in [4.78, 5) is 16.9. The summed E-state index contributed by atoms with van der Waals surface area (Å²) in [5, 5.41) is 11.9. The van der Waals surface area contributed by atoms with Crippen molar-refractivity contribution in [3.63, 3.8) is 0 Å². The summed E-state index contributed by atoms with van der Waals surface area (Å²) in [6.07, 6.45) is 9.54. The maximum Gasteiger partial charge on any atom is 0.248 e. The van der Waals surface area contributed by atoms with Crippen LogP contribution in [0.1, 0.15) is 41.9 Å². The number of fused-ring (bicyclic) bond motifs is 1. The molecule has 0 aliphatic carbocycles. The van der Waals surface area contributed by atoms with E-state index in [2.05, 4.69) is 25.1 Å². The summed E-state index contributed by atoms with van der Waals surface area (Å²) in [6.45, 7) is 3.33. The minimum Gasteiger partial charge on any atom is -0.487 e. The zero-order valence-electron chi connectivity index (χ0n) is 20.4. The van der Waals surface area contributed by atoms with Gasteiger partial charge in [0.2, 0.25) is 5.91 Å². The van der Waals surface area contributed by atoms with Crippen LogP contribution in [0, 0.1) is 6.92 Å². The number of pyridine rings is 1. The van der Waals surface area contributed by atoms with Crippen LogP contribution in [-0.2, 0) is 24.4 Å². The predicted molar refractivity (Wildman–Crippen MR) is 140 cm³/mol. The van der Waals surface area contributed by atoms with E-state index in [9.17, 15) is 4.79 Å². The largest absolute Gasteiger partial charge is 0.487 e. The van der Waals surface area contributed by atoms with Gasteiger partial charge in [-0.15, -0.1) is 10.2 Å². The number of amides is 1. The Morgan fingerprint density at radius 1 is 1.06 bits per heavy atom. The molecule has 0 bridgehead atoms. The van der Waals surface area contributed by atoms with Crippen molar-refractivity contribution in [2.75, 3.05) is 5.32 Å². The SMILES string of the molecule is Cc1ccc(-c2nnc3n2CCCCC3)cc1NC(=O)/C=C/c1ccc(OCc2ccccn2)cc1. The van der Waals surface area contributed by atoms with Crippen LogP contribution in [0.3, 0.4) is 0 Å². The van der Waals surface area contributed by atoms with Crippen molar-refractivity contribution in [3.8, 4) is 17.1 Å². The molecule has 7 nitrogen and oxygen atoms in total. The van der Waals surface area contributed by atoms with Gasteiger partial charge in [0.15, 0.2) is 5.82 Å². The van der Waals surface area contributed by atoms with Crippen LogP contribution >= 0.6 is 0 Å². The molecular formula is C29H29N5O2. The number of hydrogen-bond donors (Lipinski definition) is 1. The minimum atomic E-state index is -0.189. The highest BCUT2D eigenvalue weighted by Crippen LogP contribution is 2.27. The zero-order valence-corrected chi connectivity index (χ0v) is 20.4. The first-order chi connectivity index (χ1) is 17.7. The number of rotatable bonds is 7. The first-order valence-electron chi connectivity index (χ1n) is 12.3. The maximum atomic E-state index is 12.7. The van der Waals surface area contributed by atoms with Gasteiger partial charge in [0, 0.05) is 36.5 Å². The average Bonchev–Trinajstić information content (AvgIpc) is 3.16. The highest BCUT2D eigenvalue weighted by molar-refractivity contribution is 6.02. The second kappa shape index (κ2) is 11.0. The van der Waals surface area contributed by atoms with Crippen LogP contribution in [0.25, 0.3) is 17.5 Å². The highest BCUT2D eigenvalue weighted by Gasteiger charge is 2.17. The normalized spacial score (nSPS) is 13.2. The Balaban J connectivity index is 1.22. The van der Waals surface area contributed by atoms with Crippen molar-refractivity contribution in [1.29, 1.82) is 0 Å². The summed E-state index contributed by atoms with van der Waals surface area (Å²) in [5.74, 6) is 2.47. The molecule has 2 aromatic carbocycles. The molecule has 3 heterocycles.